The number of nitrogens with zero attached hydrogens (tertiary/aromatic N) is 7. The first-order valence-corrected chi connectivity index (χ1v) is 9.29. The van der Waals surface area contributed by atoms with Crippen LogP contribution in [0.15, 0.2) is 53.8 Å². The van der Waals surface area contributed by atoms with Gasteiger partial charge in [-0.2, -0.15) is 14.7 Å². The van der Waals surface area contributed by atoms with Gasteiger partial charge in [0.1, 0.15) is 12.2 Å². The molecule has 1 fully saturated rings. The number of carbonyl (C=O) groups excluding carboxylic acids is 2. The molecule has 1 saturated heterocycles. The second kappa shape index (κ2) is 6.99. The Labute approximate surface area is 170 Å². The third-order valence-corrected chi connectivity index (χ3v) is 4.77. The summed E-state index contributed by atoms with van der Waals surface area (Å²) in [4.78, 5) is 27.4. The van der Waals surface area contributed by atoms with Gasteiger partial charge in [-0.05, 0) is 42.8 Å². The summed E-state index contributed by atoms with van der Waals surface area (Å²) in [6.45, 7) is 1.62. The molecule has 1 aromatic carbocycles. The highest BCUT2D eigenvalue weighted by Gasteiger charge is 2.26. The third kappa shape index (κ3) is 3.24. The number of nitrogens with one attached hydrogen (secondary N) is 1. The van der Waals surface area contributed by atoms with Gasteiger partial charge in [-0.3, -0.25) is 15.1 Å². The summed E-state index contributed by atoms with van der Waals surface area (Å²) in [5, 5.41) is 21.6. The number of hydrogen-bond donors (Lipinski definition) is 1. The minimum absolute atomic E-state index is 0.104. The van der Waals surface area contributed by atoms with Gasteiger partial charge >= 0.3 is 6.03 Å². The summed E-state index contributed by atoms with van der Waals surface area (Å²) in [5.74, 6) is 0.295. The molecule has 0 saturated carbocycles. The maximum absolute atomic E-state index is 11.7. The summed E-state index contributed by atoms with van der Waals surface area (Å²) in [7, 11) is 0. The fraction of sp³-hybridized carbons (Fsp3) is 0.150. The van der Waals surface area contributed by atoms with Gasteiger partial charge in [0.15, 0.2) is 11.5 Å². The minimum atomic E-state index is -0.545. The van der Waals surface area contributed by atoms with Crippen molar-refractivity contribution in [1.29, 1.82) is 0 Å². The van der Waals surface area contributed by atoms with Gasteiger partial charge in [-0.1, -0.05) is 12.1 Å². The Kier molecular flexibility index (Phi) is 4.16. The standard InChI is InChI=1S/C20H16N8O2/c1-12(25-27-11-19(29)22-20(27)30)15-6-7-17-23-24-18(28(17)26-15)10-13-4-5-16-14(9-13)3-2-8-21-16/h2-9H,10-11H2,1H3,(H,22,29,30)/b25-12-. The van der Waals surface area contributed by atoms with Gasteiger partial charge < -0.3 is 0 Å². The molecule has 0 aliphatic carbocycles. The number of amides is 3. The van der Waals surface area contributed by atoms with Crippen LogP contribution in [0.4, 0.5) is 4.79 Å². The molecule has 0 bridgehead atoms. The van der Waals surface area contributed by atoms with Crippen LogP contribution in [0.2, 0.25) is 0 Å². The zero-order valence-corrected chi connectivity index (χ0v) is 16.0. The largest absolute Gasteiger partial charge is 0.345 e. The van der Waals surface area contributed by atoms with E-state index < -0.39 is 6.03 Å². The molecule has 10 heteroatoms. The Hall–Kier alpha value is -4.21. The SMILES string of the molecule is C/C(=N/N1CC(=O)NC1=O)c1ccc2nnc(Cc3ccc4ncccc4c3)n2n1. The highest BCUT2D eigenvalue weighted by atomic mass is 16.2. The van der Waals surface area contributed by atoms with Crippen LogP contribution in [0.25, 0.3) is 16.6 Å². The van der Waals surface area contributed by atoms with E-state index in [1.165, 1.54) is 0 Å². The predicted octanol–water partition coefficient (Wildman–Crippen LogP) is 1.54. The van der Waals surface area contributed by atoms with E-state index in [4.69, 9.17) is 0 Å². The Balaban J connectivity index is 1.46. The first-order valence-electron chi connectivity index (χ1n) is 9.29. The lowest BCUT2D eigenvalue weighted by Crippen LogP contribution is -2.25. The monoisotopic (exact) mass is 400 g/mol. The molecule has 30 heavy (non-hydrogen) atoms. The molecule has 148 valence electrons. The quantitative estimate of drug-likeness (QED) is 0.410. The van der Waals surface area contributed by atoms with E-state index in [1.54, 1.807) is 29.8 Å². The molecule has 10 nitrogen and oxygen atoms in total. The minimum Gasteiger partial charge on any atom is -0.275 e. The summed E-state index contributed by atoms with van der Waals surface area (Å²) in [6, 6.07) is 13.0. The third-order valence-electron chi connectivity index (χ3n) is 4.77. The maximum Gasteiger partial charge on any atom is 0.345 e. The number of aromatic nitrogens is 5. The number of hydrazone groups is 1. The van der Waals surface area contributed by atoms with Crippen molar-refractivity contribution in [3.05, 3.63) is 65.7 Å². The second-order valence-corrected chi connectivity index (χ2v) is 6.91. The van der Waals surface area contributed by atoms with Crippen molar-refractivity contribution in [2.45, 2.75) is 13.3 Å². The Bertz CT molecular complexity index is 1340. The van der Waals surface area contributed by atoms with E-state index in [-0.39, 0.29) is 12.5 Å². The molecule has 1 N–H and O–H groups in total. The van der Waals surface area contributed by atoms with Gasteiger partial charge in [-0.25, -0.2) is 9.80 Å². The van der Waals surface area contributed by atoms with Crippen molar-refractivity contribution in [2.24, 2.45) is 5.10 Å². The summed E-state index contributed by atoms with van der Waals surface area (Å²) in [5.41, 5.74) is 3.66. The number of imide groups is 1. The van der Waals surface area contributed by atoms with Crippen LogP contribution in [0, 0.1) is 0 Å². The van der Waals surface area contributed by atoms with Crippen molar-refractivity contribution in [1.82, 2.24) is 35.1 Å². The predicted molar refractivity (Wildman–Crippen MR) is 108 cm³/mol. The van der Waals surface area contributed by atoms with Crippen LogP contribution in [0.3, 0.4) is 0 Å². The van der Waals surface area contributed by atoms with Crippen LogP contribution in [-0.4, -0.2) is 54.0 Å². The molecule has 4 aromatic rings. The number of urea groups is 1. The second-order valence-electron chi connectivity index (χ2n) is 6.91. The number of hydrogen-bond acceptors (Lipinski definition) is 7. The summed E-state index contributed by atoms with van der Waals surface area (Å²) in [6.07, 6.45) is 2.31. The molecule has 0 atom stereocenters. The van der Waals surface area contributed by atoms with Crippen LogP contribution in [0.5, 0.6) is 0 Å². The fourth-order valence-electron chi connectivity index (χ4n) is 3.30. The summed E-state index contributed by atoms with van der Waals surface area (Å²) >= 11 is 0. The maximum atomic E-state index is 11.7. The lowest BCUT2D eigenvalue weighted by atomic mass is 10.1. The molecule has 1 aliphatic rings. The van der Waals surface area contributed by atoms with Crippen molar-refractivity contribution >= 4 is 34.2 Å². The zero-order chi connectivity index (χ0) is 20.7. The molecular weight excluding hydrogens is 384 g/mol. The molecule has 0 radical (unpaired) electrons. The van der Waals surface area contributed by atoms with Crippen LogP contribution >= 0.6 is 0 Å². The van der Waals surface area contributed by atoms with Crippen molar-refractivity contribution in [3.63, 3.8) is 0 Å². The summed E-state index contributed by atoms with van der Waals surface area (Å²) < 4.78 is 1.66. The number of benzene rings is 1. The van der Waals surface area contributed by atoms with Crippen LogP contribution in [-0.2, 0) is 11.2 Å². The van der Waals surface area contributed by atoms with Crippen LogP contribution in [0.1, 0.15) is 24.0 Å². The van der Waals surface area contributed by atoms with Gasteiger partial charge in [0.25, 0.3) is 0 Å². The van der Waals surface area contributed by atoms with E-state index in [0.29, 0.717) is 29.3 Å². The first-order chi connectivity index (χ1) is 14.6. The molecule has 1 aliphatic heterocycles. The van der Waals surface area contributed by atoms with E-state index >= 15 is 0 Å². The topological polar surface area (TPSA) is 118 Å². The van der Waals surface area contributed by atoms with E-state index in [1.807, 2.05) is 24.3 Å². The van der Waals surface area contributed by atoms with Crippen molar-refractivity contribution in [2.75, 3.05) is 6.54 Å². The van der Waals surface area contributed by atoms with Crippen molar-refractivity contribution < 1.29 is 9.59 Å². The average molecular weight is 400 g/mol. The normalized spacial score (nSPS) is 14.7. The number of carbonyl (C=O) groups is 2. The molecule has 3 aromatic heterocycles. The zero-order valence-electron chi connectivity index (χ0n) is 16.0. The first kappa shape index (κ1) is 17.9. The van der Waals surface area contributed by atoms with Gasteiger partial charge in [-0.15, -0.1) is 10.2 Å². The van der Waals surface area contributed by atoms with E-state index in [2.05, 4.69) is 36.8 Å². The Morgan fingerprint density at radius 1 is 1.17 bits per heavy atom. The molecule has 5 rings (SSSR count). The highest BCUT2D eigenvalue weighted by Crippen LogP contribution is 2.16. The van der Waals surface area contributed by atoms with Gasteiger partial charge in [0.05, 0.1) is 11.2 Å². The van der Waals surface area contributed by atoms with Crippen molar-refractivity contribution in [3.8, 4) is 0 Å². The molecular formula is C20H16N8O2. The number of fused-ring (bicyclic) bond motifs is 2. The Morgan fingerprint density at radius 2 is 2.07 bits per heavy atom. The molecule has 0 spiro atoms. The van der Waals surface area contributed by atoms with Gasteiger partial charge in [0, 0.05) is 18.0 Å². The van der Waals surface area contributed by atoms with Crippen LogP contribution < -0.4 is 5.32 Å². The lowest BCUT2D eigenvalue weighted by molar-refractivity contribution is -0.118. The Morgan fingerprint density at radius 3 is 2.90 bits per heavy atom. The molecule has 0 unspecified atom stereocenters. The fourth-order valence-corrected chi connectivity index (χ4v) is 3.30. The molecule has 4 heterocycles. The van der Waals surface area contributed by atoms with E-state index in [0.717, 1.165) is 21.5 Å². The van der Waals surface area contributed by atoms with E-state index in [9.17, 15) is 9.59 Å². The highest BCUT2D eigenvalue weighted by molar-refractivity contribution is 6.03. The smallest absolute Gasteiger partial charge is 0.275 e. The number of rotatable bonds is 4. The molecule has 3 amide bonds. The van der Waals surface area contributed by atoms with Gasteiger partial charge in [0.2, 0.25) is 5.91 Å². The average Bonchev–Trinajstić information content (AvgIpc) is 3.29. The number of pyridine rings is 1. The lowest BCUT2D eigenvalue weighted by Gasteiger charge is -2.08.